The van der Waals surface area contributed by atoms with Gasteiger partial charge in [-0.2, -0.15) is 0 Å². The number of hydrogen-bond acceptors (Lipinski definition) is 0. The maximum absolute atomic E-state index is 2.42. The standard InChI is InChI=1S/C14H31B/c1-6-9-14(10-7-2,12(3)4)11-8-13(5)15/h12-13H,6-11,15H2,1-5H3. The minimum atomic E-state index is 0.633. The molecule has 1 atom stereocenters. The maximum Gasteiger partial charge on any atom is 0.105 e. The van der Waals surface area contributed by atoms with Crippen molar-refractivity contribution in [1.29, 1.82) is 0 Å². The van der Waals surface area contributed by atoms with Crippen molar-refractivity contribution in [3.63, 3.8) is 0 Å². The molecule has 0 heterocycles. The summed E-state index contributed by atoms with van der Waals surface area (Å²) in [5.74, 6) is 1.70. The molecule has 0 radical (unpaired) electrons. The Labute approximate surface area is 98.6 Å². The monoisotopic (exact) mass is 210 g/mol. The van der Waals surface area contributed by atoms with Crippen LogP contribution >= 0.6 is 0 Å². The molecule has 0 aliphatic rings. The van der Waals surface area contributed by atoms with Crippen molar-refractivity contribution >= 4 is 7.85 Å². The van der Waals surface area contributed by atoms with Gasteiger partial charge in [0.2, 0.25) is 0 Å². The van der Waals surface area contributed by atoms with Gasteiger partial charge in [0.05, 0.1) is 0 Å². The maximum atomic E-state index is 2.42. The van der Waals surface area contributed by atoms with Crippen molar-refractivity contribution in [2.45, 2.75) is 79.0 Å². The van der Waals surface area contributed by atoms with Crippen LogP contribution in [0.15, 0.2) is 0 Å². The van der Waals surface area contributed by atoms with Crippen LogP contribution in [0.3, 0.4) is 0 Å². The van der Waals surface area contributed by atoms with Crippen molar-refractivity contribution < 1.29 is 0 Å². The Morgan fingerprint density at radius 1 is 0.933 bits per heavy atom. The van der Waals surface area contributed by atoms with Gasteiger partial charge in [0, 0.05) is 0 Å². The first-order valence-corrected chi connectivity index (χ1v) is 6.98. The molecule has 0 nitrogen and oxygen atoms in total. The van der Waals surface area contributed by atoms with Crippen LogP contribution in [-0.2, 0) is 0 Å². The van der Waals surface area contributed by atoms with E-state index in [1.807, 2.05) is 0 Å². The normalized spacial score (nSPS) is 14.5. The third-order valence-corrected chi connectivity index (χ3v) is 3.94. The highest BCUT2D eigenvalue weighted by molar-refractivity contribution is 6.11. The van der Waals surface area contributed by atoms with E-state index in [1.165, 1.54) is 38.5 Å². The number of rotatable bonds is 8. The summed E-state index contributed by atoms with van der Waals surface area (Å²) in [5, 5.41) is 0. The first-order chi connectivity index (χ1) is 6.98. The molecular weight excluding hydrogens is 179 g/mol. The Kier molecular flexibility index (Phi) is 7.39. The van der Waals surface area contributed by atoms with E-state index < -0.39 is 0 Å². The van der Waals surface area contributed by atoms with E-state index in [-0.39, 0.29) is 0 Å². The summed E-state index contributed by atoms with van der Waals surface area (Å²) in [6.45, 7) is 11.9. The van der Waals surface area contributed by atoms with Gasteiger partial charge in [-0.1, -0.05) is 59.7 Å². The molecule has 0 aromatic heterocycles. The van der Waals surface area contributed by atoms with Crippen LogP contribution in [0.4, 0.5) is 0 Å². The molecule has 0 rings (SSSR count). The molecule has 90 valence electrons. The van der Waals surface area contributed by atoms with Crippen molar-refractivity contribution in [3.05, 3.63) is 0 Å². The van der Waals surface area contributed by atoms with Crippen LogP contribution in [0.25, 0.3) is 0 Å². The van der Waals surface area contributed by atoms with Gasteiger partial charge in [0.1, 0.15) is 7.85 Å². The van der Waals surface area contributed by atoms with Gasteiger partial charge < -0.3 is 0 Å². The van der Waals surface area contributed by atoms with Crippen LogP contribution in [0.2, 0.25) is 5.82 Å². The topological polar surface area (TPSA) is 0 Å². The SMILES string of the molecule is BC(C)CCC(CCC)(CCC)C(C)C. The third kappa shape index (κ3) is 5.09. The Hall–Kier alpha value is 0.0649. The average Bonchev–Trinajstić information content (AvgIpc) is 2.14. The van der Waals surface area contributed by atoms with Crippen LogP contribution in [-0.4, -0.2) is 7.85 Å². The molecule has 0 aliphatic carbocycles. The summed E-state index contributed by atoms with van der Waals surface area (Å²) < 4.78 is 0. The molecule has 0 saturated heterocycles. The third-order valence-electron chi connectivity index (χ3n) is 3.94. The van der Waals surface area contributed by atoms with E-state index in [0.29, 0.717) is 5.41 Å². The van der Waals surface area contributed by atoms with Crippen molar-refractivity contribution in [1.82, 2.24) is 0 Å². The average molecular weight is 210 g/mol. The molecule has 15 heavy (non-hydrogen) atoms. The minimum Gasteiger partial charge on any atom is -0.0725 e. The first-order valence-electron chi connectivity index (χ1n) is 6.98. The van der Waals surface area contributed by atoms with E-state index in [2.05, 4.69) is 42.5 Å². The summed E-state index contributed by atoms with van der Waals surface area (Å²) in [5.41, 5.74) is 0.633. The van der Waals surface area contributed by atoms with Crippen LogP contribution in [0.1, 0.15) is 73.1 Å². The molecule has 0 aromatic carbocycles. The molecule has 1 heteroatoms. The fourth-order valence-corrected chi connectivity index (χ4v) is 2.81. The Bertz CT molecular complexity index is 143. The van der Waals surface area contributed by atoms with Gasteiger partial charge in [-0.25, -0.2) is 0 Å². The smallest absolute Gasteiger partial charge is 0.0725 e. The number of hydrogen-bond donors (Lipinski definition) is 0. The van der Waals surface area contributed by atoms with Crippen molar-refractivity contribution in [3.8, 4) is 0 Å². The molecule has 1 unspecified atom stereocenters. The summed E-state index contributed by atoms with van der Waals surface area (Å²) >= 11 is 0. The Morgan fingerprint density at radius 3 is 1.67 bits per heavy atom. The quantitative estimate of drug-likeness (QED) is 0.519. The lowest BCUT2D eigenvalue weighted by Gasteiger charge is -2.38. The summed E-state index contributed by atoms with van der Waals surface area (Å²) in [4.78, 5) is 0. The highest BCUT2D eigenvalue weighted by atomic mass is 14.4. The van der Waals surface area contributed by atoms with E-state index in [4.69, 9.17) is 0 Å². The van der Waals surface area contributed by atoms with Crippen molar-refractivity contribution in [2.24, 2.45) is 11.3 Å². The zero-order chi connectivity index (χ0) is 11.9. The van der Waals surface area contributed by atoms with Gasteiger partial charge in [-0.15, -0.1) is 0 Å². The van der Waals surface area contributed by atoms with E-state index >= 15 is 0 Å². The van der Waals surface area contributed by atoms with Gasteiger partial charge in [0.15, 0.2) is 0 Å². The first kappa shape index (κ1) is 15.1. The lowest BCUT2D eigenvalue weighted by atomic mass is 9.66. The highest BCUT2D eigenvalue weighted by Gasteiger charge is 2.31. The molecule has 0 fully saturated rings. The molecule has 0 saturated carbocycles. The molecule has 0 aliphatic heterocycles. The molecule has 0 amide bonds. The van der Waals surface area contributed by atoms with Crippen LogP contribution in [0, 0.1) is 11.3 Å². The van der Waals surface area contributed by atoms with Crippen molar-refractivity contribution in [2.75, 3.05) is 0 Å². The largest absolute Gasteiger partial charge is 0.105 e. The predicted molar refractivity (Wildman–Crippen MR) is 74.3 cm³/mol. The Morgan fingerprint density at radius 2 is 1.40 bits per heavy atom. The summed E-state index contributed by atoms with van der Waals surface area (Å²) in [6, 6.07) is 0. The van der Waals surface area contributed by atoms with E-state index in [1.54, 1.807) is 0 Å². The predicted octanol–water partition coefficient (Wildman–Crippen LogP) is 4.45. The second-order valence-corrected chi connectivity index (χ2v) is 5.95. The molecule has 0 bridgehead atoms. The fraction of sp³-hybridized carbons (Fsp3) is 1.00. The van der Waals surface area contributed by atoms with E-state index in [0.717, 1.165) is 11.7 Å². The molecule has 0 spiro atoms. The van der Waals surface area contributed by atoms with Gasteiger partial charge in [-0.05, 0) is 30.6 Å². The van der Waals surface area contributed by atoms with Gasteiger partial charge >= 0.3 is 0 Å². The minimum absolute atomic E-state index is 0.633. The van der Waals surface area contributed by atoms with Crippen LogP contribution < -0.4 is 0 Å². The second-order valence-electron chi connectivity index (χ2n) is 5.95. The highest BCUT2D eigenvalue weighted by Crippen LogP contribution is 2.43. The summed E-state index contributed by atoms with van der Waals surface area (Å²) in [7, 11) is 2.35. The zero-order valence-corrected chi connectivity index (χ0v) is 11.9. The zero-order valence-electron chi connectivity index (χ0n) is 11.9. The second kappa shape index (κ2) is 7.36. The fourth-order valence-electron chi connectivity index (χ4n) is 2.81. The summed E-state index contributed by atoms with van der Waals surface area (Å²) in [6.07, 6.45) is 8.37. The molecule has 0 aromatic rings. The van der Waals surface area contributed by atoms with Crippen LogP contribution in [0.5, 0.6) is 0 Å². The lowest BCUT2D eigenvalue weighted by molar-refractivity contribution is 0.131. The lowest BCUT2D eigenvalue weighted by Crippen LogP contribution is -2.27. The Balaban J connectivity index is 4.46. The molecule has 0 N–H and O–H groups in total. The van der Waals surface area contributed by atoms with Gasteiger partial charge in [-0.3, -0.25) is 0 Å². The van der Waals surface area contributed by atoms with Gasteiger partial charge in [0.25, 0.3) is 0 Å². The van der Waals surface area contributed by atoms with E-state index in [9.17, 15) is 0 Å². The molecular formula is C14H31B.